The van der Waals surface area contributed by atoms with Crippen LogP contribution in [0.15, 0.2) is 58.5 Å². The van der Waals surface area contributed by atoms with Crippen molar-refractivity contribution in [1.29, 1.82) is 0 Å². The molecule has 3 aromatic rings. The van der Waals surface area contributed by atoms with E-state index in [1.165, 1.54) is 30.0 Å². The van der Waals surface area contributed by atoms with Crippen LogP contribution in [0.5, 0.6) is 11.5 Å². The molecule has 0 saturated heterocycles. The Labute approximate surface area is 175 Å². The van der Waals surface area contributed by atoms with Crippen LogP contribution in [0.4, 0.5) is 10.1 Å². The molecule has 0 unspecified atom stereocenters. The Balaban J connectivity index is 1.39. The lowest BCUT2D eigenvalue weighted by Crippen LogP contribution is -2.19. The van der Waals surface area contributed by atoms with Gasteiger partial charge in [0.15, 0.2) is 16.7 Å². The van der Waals surface area contributed by atoms with Gasteiger partial charge in [0.25, 0.3) is 5.56 Å². The van der Waals surface area contributed by atoms with Crippen LogP contribution in [-0.2, 0) is 17.0 Å². The van der Waals surface area contributed by atoms with Crippen LogP contribution in [-0.4, -0.2) is 29.1 Å². The van der Waals surface area contributed by atoms with Crippen LogP contribution >= 0.6 is 11.8 Å². The molecule has 2 heterocycles. The van der Waals surface area contributed by atoms with E-state index >= 15 is 0 Å². The molecule has 4 rings (SSSR count). The van der Waals surface area contributed by atoms with Crippen molar-refractivity contribution in [2.24, 2.45) is 0 Å². The minimum Gasteiger partial charge on any atom is -0.486 e. The minimum atomic E-state index is -0.339. The van der Waals surface area contributed by atoms with Gasteiger partial charge in [-0.2, -0.15) is 0 Å². The SMILES string of the molecule is O=C(Cc1cc(=O)[nH]c(SCc2ccc(F)cc2)n1)Nc1ccc2c(c1)OCCO2. The minimum absolute atomic E-state index is 0.0531. The van der Waals surface area contributed by atoms with Crippen LogP contribution in [0, 0.1) is 5.82 Å². The summed E-state index contributed by atoms with van der Waals surface area (Å²) in [5.41, 5.74) is 1.48. The quantitative estimate of drug-likeness (QED) is 0.464. The molecule has 2 aromatic carbocycles. The summed E-state index contributed by atoms with van der Waals surface area (Å²) >= 11 is 1.30. The molecule has 9 heteroatoms. The largest absolute Gasteiger partial charge is 0.486 e. The Morgan fingerprint density at radius 2 is 1.87 bits per heavy atom. The van der Waals surface area contributed by atoms with E-state index < -0.39 is 0 Å². The van der Waals surface area contributed by atoms with E-state index in [0.29, 0.717) is 47.0 Å². The van der Waals surface area contributed by atoms with Gasteiger partial charge in [-0.15, -0.1) is 0 Å². The molecule has 30 heavy (non-hydrogen) atoms. The summed E-state index contributed by atoms with van der Waals surface area (Å²) in [6, 6.07) is 12.6. The maximum Gasteiger partial charge on any atom is 0.251 e. The summed E-state index contributed by atoms with van der Waals surface area (Å²) in [5.74, 6) is 1.11. The monoisotopic (exact) mass is 427 g/mol. The number of carbonyl (C=O) groups is 1. The zero-order chi connectivity index (χ0) is 20.9. The Kier molecular flexibility index (Phi) is 5.99. The first-order valence-corrected chi connectivity index (χ1v) is 10.2. The number of nitrogens with one attached hydrogen (secondary N) is 2. The molecular formula is C21H18FN3O4S. The first-order valence-electron chi connectivity index (χ1n) is 9.22. The zero-order valence-corrected chi connectivity index (χ0v) is 16.6. The van der Waals surface area contributed by atoms with E-state index in [1.54, 1.807) is 30.3 Å². The molecule has 2 N–H and O–H groups in total. The molecule has 0 saturated carbocycles. The van der Waals surface area contributed by atoms with Gasteiger partial charge in [0, 0.05) is 23.6 Å². The highest BCUT2D eigenvalue weighted by Gasteiger charge is 2.14. The van der Waals surface area contributed by atoms with Gasteiger partial charge in [-0.05, 0) is 29.8 Å². The maximum atomic E-state index is 13.0. The Bertz CT molecular complexity index is 1120. The predicted molar refractivity (Wildman–Crippen MR) is 111 cm³/mol. The molecule has 154 valence electrons. The van der Waals surface area contributed by atoms with E-state index in [0.717, 1.165) is 5.56 Å². The number of ether oxygens (including phenoxy) is 2. The summed E-state index contributed by atoms with van der Waals surface area (Å²) in [4.78, 5) is 31.3. The number of hydrogen-bond acceptors (Lipinski definition) is 6. The number of benzene rings is 2. The van der Waals surface area contributed by atoms with Gasteiger partial charge < -0.3 is 19.8 Å². The number of carbonyl (C=O) groups excluding carboxylic acids is 1. The van der Waals surface area contributed by atoms with Crippen molar-refractivity contribution in [1.82, 2.24) is 9.97 Å². The lowest BCUT2D eigenvalue weighted by atomic mass is 10.2. The van der Waals surface area contributed by atoms with Crippen LogP contribution in [0.25, 0.3) is 0 Å². The first-order chi connectivity index (χ1) is 14.5. The average Bonchev–Trinajstić information content (AvgIpc) is 2.73. The molecule has 0 spiro atoms. The number of H-pyrrole nitrogens is 1. The van der Waals surface area contributed by atoms with Crippen molar-refractivity contribution in [3.63, 3.8) is 0 Å². The van der Waals surface area contributed by atoms with Gasteiger partial charge in [-0.3, -0.25) is 9.59 Å². The number of thioether (sulfide) groups is 1. The second kappa shape index (κ2) is 9.00. The number of halogens is 1. The predicted octanol–water partition coefficient (Wildman–Crippen LogP) is 3.15. The van der Waals surface area contributed by atoms with Gasteiger partial charge in [-0.25, -0.2) is 9.37 Å². The highest BCUT2D eigenvalue weighted by molar-refractivity contribution is 7.98. The summed E-state index contributed by atoms with van der Waals surface area (Å²) in [7, 11) is 0. The van der Waals surface area contributed by atoms with Crippen molar-refractivity contribution in [2.45, 2.75) is 17.3 Å². The van der Waals surface area contributed by atoms with Crippen molar-refractivity contribution in [3.8, 4) is 11.5 Å². The fourth-order valence-electron chi connectivity index (χ4n) is 2.87. The smallest absolute Gasteiger partial charge is 0.251 e. The Morgan fingerprint density at radius 1 is 1.10 bits per heavy atom. The molecule has 1 aliphatic rings. The van der Waals surface area contributed by atoms with Crippen molar-refractivity contribution >= 4 is 23.4 Å². The van der Waals surface area contributed by atoms with Gasteiger partial charge in [0.1, 0.15) is 19.0 Å². The van der Waals surface area contributed by atoms with E-state index in [2.05, 4.69) is 15.3 Å². The maximum absolute atomic E-state index is 13.0. The molecule has 0 bridgehead atoms. The van der Waals surface area contributed by atoms with Gasteiger partial charge in [0.2, 0.25) is 5.91 Å². The first kappa shape index (κ1) is 20.0. The number of rotatable bonds is 6. The number of anilines is 1. The van der Waals surface area contributed by atoms with E-state index in [1.807, 2.05) is 0 Å². The normalized spacial score (nSPS) is 12.4. The lowest BCUT2D eigenvalue weighted by molar-refractivity contribution is -0.115. The van der Waals surface area contributed by atoms with E-state index in [4.69, 9.17) is 9.47 Å². The van der Waals surface area contributed by atoms with Crippen molar-refractivity contribution in [2.75, 3.05) is 18.5 Å². The number of nitrogens with zero attached hydrogens (tertiary/aromatic N) is 1. The number of amides is 1. The standard InChI is InChI=1S/C21H18FN3O4S/c22-14-3-1-13(2-4-14)12-30-21-24-16(11-20(27)25-21)10-19(26)23-15-5-6-17-18(9-15)29-8-7-28-17/h1-6,9,11H,7-8,10,12H2,(H,23,26)(H,24,25,27). The summed E-state index contributed by atoms with van der Waals surface area (Å²) < 4.78 is 24.0. The third-order valence-corrected chi connectivity index (χ3v) is 5.17. The molecule has 1 aromatic heterocycles. The fraction of sp³-hybridized carbons (Fsp3) is 0.190. The number of aromatic nitrogens is 2. The Hall–Kier alpha value is -3.33. The summed E-state index contributed by atoms with van der Waals surface area (Å²) in [6.07, 6.45) is -0.0531. The molecule has 1 amide bonds. The number of fused-ring (bicyclic) bond motifs is 1. The highest BCUT2D eigenvalue weighted by Crippen LogP contribution is 2.32. The van der Waals surface area contributed by atoms with Crippen LogP contribution in [0.3, 0.4) is 0 Å². The van der Waals surface area contributed by atoms with Crippen molar-refractivity contribution in [3.05, 3.63) is 76.0 Å². The van der Waals surface area contributed by atoms with E-state index in [9.17, 15) is 14.0 Å². The third kappa shape index (κ3) is 5.18. The second-order valence-electron chi connectivity index (χ2n) is 6.54. The summed E-state index contributed by atoms with van der Waals surface area (Å²) in [6.45, 7) is 0.952. The highest BCUT2D eigenvalue weighted by atomic mass is 32.2. The summed E-state index contributed by atoms with van der Waals surface area (Å²) in [5, 5.41) is 3.17. The molecule has 7 nitrogen and oxygen atoms in total. The molecule has 0 fully saturated rings. The fourth-order valence-corrected chi connectivity index (χ4v) is 3.72. The van der Waals surface area contributed by atoms with Gasteiger partial charge in [0.05, 0.1) is 12.1 Å². The number of aromatic amines is 1. The average molecular weight is 427 g/mol. The molecule has 0 atom stereocenters. The van der Waals surface area contributed by atoms with Crippen LogP contribution in [0.1, 0.15) is 11.3 Å². The topological polar surface area (TPSA) is 93.3 Å². The van der Waals surface area contributed by atoms with E-state index in [-0.39, 0.29) is 23.7 Å². The Morgan fingerprint density at radius 3 is 2.67 bits per heavy atom. The number of hydrogen-bond donors (Lipinski definition) is 2. The molecule has 0 aliphatic carbocycles. The van der Waals surface area contributed by atoms with Crippen LogP contribution < -0.4 is 20.3 Å². The van der Waals surface area contributed by atoms with Gasteiger partial charge in [-0.1, -0.05) is 23.9 Å². The second-order valence-corrected chi connectivity index (χ2v) is 7.50. The van der Waals surface area contributed by atoms with Crippen LogP contribution in [0.2, 0.25) is 0 Å². The molecule has 0 radical (unpaired) electrons. The zero-order valence-electron chi connectivity index (χ0n) is 15.8. The molecular weight excluding hydrogens is 409 g/mol. The van der Waals surface area contributed by atoms with Gasteiger partial charge >= 0.3 is 0 Å². The third-order valence-electron chi connectivity index (χ3n) is 4.23. The molecule has 1 aliphatic heterocycles. The van der Waals surface area contributed by atoms with Crippen molar-refractivity contribution < 1.29 is 18.7 Å². The lowest BCUT2D eigenvalue weighted by Gasteiger charge is -2.19.